The average Bonchev–Trinajstić information content (AvgIpc) is 2.67. The predicted octanol–water partition coefficient (Wildman–Crippen LogP) is 6.91. The second-order valence-corrected chi connectivity index (χ2v) is 7.60. The van der Waals surface area contributed by atoms with Crippen molar-refractivity contribution in [3.05, 3.63) is 46.3 Å². The van der Waals surface area contributed by atoms with E-state index in [1.165, 1.54) is 35.4 Å². The van der Waals surface area contributed by atoms with E-state index in [1.54, 1.807) is 11.1 Å². The van der Waals surface area contributed by atoms with Crippen molar-refractivity contribution in [1.82, 2.24) is 9.97 Å². The summed E-state index contributed by atoms with van der Waals surface area (Å²) in [6, 6.07) is 4.31. The SMILES string of the molecule is CCCc1cccnc1-c1nc(CCC)c(CCC)c(CCC)c1CCC. The summed E-state index contributed by atoms with van der Waals surface area (Å²) in [5.74, 6) is 0. The van der Waals surface area contributed by atoms with Gasteiger partial charge in [0.15, 0.2) is 0 Å². The lowest BCUT2D eigenvalue weighted by Gasteiger charge is -2.22. The molecule has 2 heterocycles. The first-order valence-electron chi connectivity index (χ1n) is 11.2. The molecule has 0 N–H and O–H groups in total. The Bertz CT molecular complexity index is 719. The Morgan fingerprint density at radius 2 is 1.22 bits per heavy atom. The van der Waals surface area contributed by atoms with Crippen molar-refractivity contribution in [2.24, 2.45) is 0 Å². The predicted molar refractivity (Wildman–Crippen MR) is 117 cm³/mol. The zero-order valence-corrected chi connectivity index (χ0v) is 18.2. The van der Waals surface area contributed by atoms with Gasteiger partial charge in [0.1, 0.15) is 0 Å². The molecular weight excluding hydrogens is 328 g/mol. The van der Waals surface area contributed by atoms with Gasteiger partial charge in [-0.25, -0.2) is 0 Å². The van der Waals surface area contributed by atoms with Crippen LogP contribution in [0.4, 0.5) is 0 Å². The first-order valence-corrected chi connectivity index (χ1v) is 11.2. The topological polar surface area (TPSA) is 25.8 Å². The lowest BCUT2D eigenvalue weighted by molar-refractivity contribution is 0.776. The van der Waals surface area contributed by atoms with Crippen LogP contribution in [0, 0.1) is 0 Å². The quantitative estimate of drug-likeness (QED) is 0.432. The Labute approximate surface area is 166 Å². The fraction of sp³-hybridized carbons (Fsp3) is 0.600. The minimum atomic E-state index is 1.07. The van der Waals surface area contributed by atoms with Gasteiger partial charge in [0.05, 0.1) is 11.4 Å². The van der Waals surface area contributed by atoms with Gasteiger partial charge in [0.2, 0.25) is 0 Å². The van der Waals surface area contributed by atoms with Crippen LogP contribution in [0.1, 0.15) is 94.7 Å². The van der Waals surface area contributed by atoms with Crippen LogP contribution in [0.5, 0.6) is 0 Å². The van der Waals surface area contributed by atoms with E-state index in [4.69, 9.17) is 9.97 Å². The van der Waals surface area contributed by atoms with Crippen molar-refractivity contribution in [2.75, 3.05) is 0 Å². The molecule has 2 nitrogen and oxygen atoms in total. The third-order valence-corrected chi connectivity index (χ3v) is 5.23. The number of hydrogen-bond donors (Lipinski definition) is 0. The van der Waals surface area contributed by atoms with Crippen LogP contribution in [0.3, 0.4) is 0 Å². The normalized spacial score (nSPS) is 11.1. The molecule has 0 bridgehead atoms. The summed E-state index contributed by atoms with van der Waals surface area (Å²) < 4.78 is 0. The van der Waals surface area contributed by atoms with Gasteiger partial charge in [-0.2, -0.15) is 0 Å². The van der Waals surface area contributed by atoms with Crippen LogP contribution in [0.15, 0.2) is 18.3 Å². The second-order valence-electron chi connectivity index (χ2n) is 7.60. The molecule has 0 unspecified atom stereocenters. The van der Waals surface area contributed by atoms with Crippen molar-refractivity contribution >= 4 is 0 Å². The highest BCUT2D eigenvalue weighted by molar-refractivity contribution is 5.66. The molecule has 27 heavy (non-hydrogen) atoms. The van der Waals surface area contributed by atoms with Gasteiger partial charge in [-0.15, -0.1) is 0 Å². The van der Waals surface area contributed by atoms with E-state index in [-0.39, 0.29) is 0 Å². The number of aromatic nitrogens is 2. The van der Waals surface area contributed by atoms with Gasteiger partial charge < -0.3 is 0 Å². The maximum absolute atomic E-state index is 5.29. The Hall–Kier alpha value is -1.70. The number of hydrogen-bond acceptors (Lipinski definition) is 2. The van der Waals surface area contributed by atoms with Crippen LogP contribution >= 0.6 is 0 Å². The lowest BCUT2D eigenvalue weighted by atomic mass is 9.87. The zero-order chi connectivity index (χ0) is 19.6. The molecule has 0 aliphatic heterocycles. The maximum Gasteiger partial charge on any atom is 0.0927 e. The average molecular weight is 367 g/mol. The van der Waals surface area contributed by atoms with E-state index < -0.39 is 0 Å². The van der Waals surface area contributed by atoms with Crippen molar-refractivity contribution in [2.45, 2.75) is 98.8 Å². The van der Waals surface area contributed by atoms with Crippen LogP contribution < -0.4 is 0 Å². The Morgan fingerprint density at radius 1 is 0.630 bits per heavy atom. The molecule has 0 radical (unpaired) electrons. The van der Waals surface area contributed by atoms with Crippen LogP contribution in [0.25, 0.3) is 11.4 Å². The molecule has 0 aromatic carbocycles. The van der Waals surface area contributed by atoms with Crippen molar-refractivity contribution in [3.63, 3.8) is 0 Å². The number of rotatable bonds is 11. The standard InChI is InChI=1S/C25H38N2/c1-6-12-19-17-11-18-26-24(19)25-22(15-9-4)20(13-7-2)21(14-8-3)23(27-25)16-10-5/h11,17-18H,6-10,12-16H2,1-5H3. The van der Waals surface area contributed by atoms with E-state index >= 15 is 0 Å². The van der Waals surface area contributed by atoms with E-state index in [2.05, 4.69) is 46.8 Å². The fourth-order valence-corrected chi connectivity index (χ4v) is 4.15. The first-order chi connectivity index (χ1) is 13.2. The Balaban J connectivity index is 2.78. The summed E-state index contributed by atoms with van der Waals surface area (Å²) in [6.45, 7) is 11.4. The van der Waals surface area contributed by atoms with E-state index in [0.29, 0.717) is 0 Å². The van der Waals surface area contributed by atoms with Gasteiger partial charge in [-0.3, -0.25) is 9.97 Å². The van der Waals surface area contributed by atoms with Gasteiger partial charge in [0, 0.05) is 11.9 Å². The third-order valence-electron chi connectivity index (χ3n) is 5.23. The van der Waals surface area contributed by atoms with Crippen molar-refractivity contribution in [1.29, 1.82) is 0 Å². The summed E-state index contributed by atoms with van der Waals surface area (Å²) in [5, 5.41) is 0. The Kier molecular flexibility index (Phi) is 8.97. The summed E-state index contributed by atoms with van der Waals surface area (Å²) in [5.41, 5.74) is 9.57. The summed E-state index contributed by atoms with van der Waals surface area (Å²) in [4.78, 5) is 10.1. The van der Waals surface area contributed by atoms with Crippen molar-refractivity contribution < 1.29 is 0 Å². The lowest BCUT2D eigenvalue weighted by Crippen LogP contribution is -2.12. The molecule has 0 saturated heterocycles. The van der Waals surface area contributed by atoms with Crippen LogP contribution in [-0.2, 0) is 32.1 Å². The zero-order valence-electron chi connectivity index (χ0n) is 18.2. The maximum atomic E-state index is 5.29. The molecule has 0 aliphatic carbocycles. The molecule has 0 fully saturated rings. The molecule has 2 aromatic heterocycles. The summed E-state index contributed by atoms with van der Waals surface area (Å²) in [6.07, 6.45) is 13.3. The van der Waals surface area contributed by atoms with Crippen molar-refractivity contribution in [3.8, 4) is 11.4 Å². The molecule has 0 amide bonds. The summed E-state index contributed by atoms with van der Waals surface area (Å²) in [7, 11) is 0. The number of aryl methyl sites for hydroxylation is 2. The molecule has 0 aliphatic rings. The molecule has 2 rings (SSSR count). The molecule has 2 aromatic rings. The molecule has 2 heteroatoms. The van der Waals surface area contributed by atoms with Gasteiger partial charge in [0.25, 0.3) is 0 Å². The minimum Gasteiger partial charge on any atom is -0.254 e. The minimum absolute atomic E-state index is 1.07. The largest absolute Gasteiger partial charge is 0.254 e. The highest BCUT2D eigenvalue weighted by atomic mass is 14.8. The van der Waals surface area contributed by atoms with E-state index in [1.807, 2.05) is 6.20 Å². The molecule has 0 spiro atoms. The second kappa shape index (κ2) is 11.2. The van der Waals surface area contributed by atoms with Gasteiger partial charge in [-0.1, -0.05) is 72.8 Å². The van der Waals surface area contributed by atoms with E-state index in [0.717, 1.165) is 57.1 Å². The van der Waals surface area contributed by atoms with Crippen LogP contribution in [0.2, 0.25) is 0 Å². The Morgan fingerprint density at radius 3 is 1.85 bits per heavy atom. The first kappa shape index (κ1) is 21.6. The molecule has 0 atom stereocenters. The van der Waals surface area contributed by atoms with Gasteiger partial charge >= 0.3 is 0 Å². The summed E-state index contributed by atoms with van der Waals surface area (Å²) >= 11 is 0. The van der Waals surface area contributed by atoms with E-state index in [9.17, 15) is 0 Å². The number of nitrogens with zero attached hydrogens (tertiary/aromatic N) is 2. The number of pyridine rings is 2. The smallest absolute Gasteiger partial charge is 0.0927 e. The third kappa shape index (κ3) is 5.18. The highest BCUT2D eigenvalue weighted by Crippen LogP contribution is 2.33. The monoisotopic (exact) mass is 366 g/mol. The highest BCUT2D eigenvalue weighted by Gasteiger charge is 2.21. The van der Waals surface area contributed by atoms with Gasteiger partial charge in [-0.05, 0) is 60.4 Å². The molecular formula is C25H38N2. The van der Waals surface area contributed by atoms with Crippen LogP contribution in [-0.4, -0.2) is 9.97 Å². The molecule has 0 saturated carbocycles. The fourth-order valence-electron chi connectivity index (χ4n) is 4.15. The molecule has 148 valence electrons.